The Hall–Kier alpha value is -1.18. The molecule has 106 valence electrons. The Labute approximate surface area is 106 Å². The molecule has 7 heteroatoms. The fraction of sp³-hybridized carbons (Fsp3) is 0.818. The first-order valence-corrected chi connectivity index (χ1v) is 5.69. The molecule has 1 unspecified atom stereocenters. The van der Waals surface area contributed by atoms with Gasteiger partial charge in [0.15, 0.2) is 0 Å². The highest BCUT2D eigenvalue weighted by Crippen LogP contribution is 2.22. The zero-order chi connectivity index (χ0) is 14.5. The summed E-state index contributed by atoms with van der Waals surface area (Å²) in [5, 5.41) is 28.4. The second-order valence-corrected chi connectivity index (χ2v) is 4.93. The zero-order valence-corrected chi connectivity index (χ0v) is 11.0. The molecular weight excluding hydrogens is 240 g/mol. The van der Waals surface area contributed by atoms with E-state index in [1.165, 1.54) is 20.8 Å². The summed E-state index contributed by atoms with van der Waals surface area (Å²) in [7, 11) is 0. The molecule has 0 aromatic carbocycles. The highest BCUT2D eigenvalue weighted by Gasteiger charge is 2.36. The monoisotopic (exact) mass is 262 g/mol. The van der Waals surface area contributed by atoms with Crippen LogP contribution < -0.4 is 5.73 Å². The molecule has 18 heavy (non-hydrogen) atoms. The third kappa shape index (κ3) is 4.59. The van der Waals surface area contributed by atoms with Crippen molar-refractivity contribution in [1.82, 2.24) is 4.90 Å². The first kappa shape index (κ1) is 16.8. The standard InChI is InChI=1S/C11H22N2O5/c1-7(15)13(5-4-8(12)16)10(18)9(17)11(2,3)6-14/h7,9,14-15,17H,4-6H2,1-3H3,(H2,12,16)/t7?,9-/m0/s1. The van der Waals surface area contributed by atoms with Crippen LogP contribution in [0.3, 0.4) is 0 Å². The van der Waals surface area contributed by atoms with E-state index in [-0.39, 0.29) is 19.6 Å². The van der Waals surface area contributed by atoms with Gasteiger partial charge in [-0.2, -0.15) is 0 Å². The molecule has 2 amide bonds. The lowest BCUT2D eigenvalue weighted by atomic mass is 9.86. The van der Waals surface area contributed by atoms with Crippen LogP contribution >= 0.6 is 0 Å². The molecule has 0 aromatic heterocycles. The highest BCUT2D eigenvalue weighted by molar-refractivity contribution is 5.82. The van der Waals surface area contributed by atoms with Gasteiger partial charge < -0.3 is 26.0 Å². The first-order valence-electron chi connectivity index (χ1n) is 5.69. The third-order valence-electron chi connectivity index (χ3n) is 2.71. The smallest absolute Gasteiger partial charge is 0.254 e. The van der Waals surface area contributed by atoms with Crippen LogP contribution in [0.15, 0.2) is 0 Å². The number of hydrogen-bond donors (Lipinski definition) is 4. The third-order valence-corrected chi connectivity index (χ3v) is 2.71. The number of nitrogens with two attached hydrogens (primary N) is 1. The molecule has 0 bridgehead atoms. The molecule has 2 atom stereocenters. The minimum atomic E-state index is -1.47. The number of carbonyl (C=O) groups is 2. The van der Waals surface area contributed by atoms with E-state index in [4.69, 9.17) is 10.8 Å². The van der Waals surface area contributed by atoms with E-state index >= 15 is 0 Å². The van der Waals surface area contributed by atoms with Crippen molar-refractivity contribution in [3.63, 3.8) is 0 Å². The number of primary amides is 1. The van der Waals surface area contributed by atoms with Crippen LogP contribution in [0.5, 0.6) is 0 Å². The SMILES string of the molecule is CC(O)N(CCC(N)=O)C(=O)[C@H](O)C(C)(C)CO. The average molecular weight is 262 g/mol. The summed E-state index contributed by atoms with van der Waals surface area (Å²) >= 11 is 0. The molecule has 0 aliphatic heterocycles. The zero-order valence-electron chi connectivity index (χ0n) is 11.0. The molecule has 5 N–H and O–H groups in total. The topological polar surface area (TPSA) is 124 Å². The first-order chi connectivity index (χ1) is 8.13. The summed E-state index contributed by atoms with van der Waals surface area (Å²) in [4.78, 5) is 23.6. The summed E-state index contributed by atoms with van der Waals surface area (Å²) in [5.41, 5.74) is 3.94. The van der Waals surface area contributed by atoms with Crippen molar-refractivity contribution in [3.8, 4) is 0 Å². The molecule has 0 saturated heterocycles. The number of aliphatic hydroxyl groups is 3. The van der Waals surface area contributed by atoms with Gasteiger partial charge >= 0.3 is 0 Å². The predicted molar refractivity (Wildman–Crippen MR) is 64.1 cm³/mol. The number of nitrogens with zero attached hydrogens (tertiary/aromatic N) is 1. The molecule has 0 saturated carbocycles. The Balaban J connectivity index is 4.81. The van der Waals surface area contributed by atoms with E-state index in [0.717, 1.165) is 4.90 Å². The van der Waals surface area contributed by atoms with Crippen molar-refractivity contribution in [2.45, 2.75) is 39.5 Å². The number of amides is 2. The molecular formula is C11H22N2O5. The fourth-order valence-corrected chi connectivity index (χ4v) is 1.29. The van der Waals surface area contributed by atoms with E-state index in [1.807, 2.05) is 0 Å². The number of rotatable bonds is 7. The van der Waals surface area contributed by atoms with E-state index in [9.17, 15) is 19.8 Å². The normalized spacial score (nSPS) is 15.0. The molecule has 0 rings (SSSR count). The lowest BCUT2D eigenvalue weighted by molar-refractivity contribution is -0.157. The van der Waals surface area contributed by atoms with Gasteiger partial charge in [-0.25, -0.2) is 0 Å². The van der Waals surface area contributed by atoms with E-state index in [2.05, 4.69) is 0 Å². The number of aliphatic hydroxyl groups excluding tert-OH is 3. The largest absolute Gasteiger partial charge is 0.396 e. The van der Waals surface area contributed by atoms with E-state index < -0.39 is 29.6 Å². The molecule has 0 heterocycles. The molecule has 0 fully saturated rings. The summed E-state index contributed by atoms with van der Waals surface area (Å²) in [5.74, 6) is -1.35. The van der Waals surface area contributed by atoms with E-state index in [1.54, 1.807) is 0 Å². The van der Waals surface area contributed by atoms with Gasteiger partial charge in [0, 0.05) is 18.4 Å². The van der Waals surface area contributed by atoms with Gasteiger partial charge in [0.05, 0.1) is 6.61 Å². The average Bonchev–Trinajstić information content (AvgIpc) is 2.27. The molecule has 0 spiro atoms. The van der Waals surface area contributed by atoms with Gasteiger partial charge in [-0.05, 0) is 6.92 Å². The summed E-state index contributed by atoms with van der Waals surface area (Å²) in [6, 6.07) is 0. The predicted octanol–water partition coefficient (Wildman–Crippen LogP) is -1.59. The quantitative estimate of drug-likeness (QED) is 0.412. The lowest BCUT2D eigenvalue weighted by Gasteiger charge is -2.33. The minimum Gasteiger partial charge on any atom is -0.396 e. The van der Waals surface area contributed by atoms with Gasteiger partial charge in [-0.3, -0.25) is 9.59 Å². The van der Waals surface area contributed by atoms with Crippen molar-refractivity contribution in [3.05, 3.63) is 0 Å². The molecule has 0 aromatic rings. The van der Waals surface area contributed by atoms with Gasteiger partial charge in [0.25, 0.3) is 5.91 Å². The number of carbonyl (C=O) groups excluding carboxylic acids is 2. The Bertz CT molecular complexity index is 304. The van der Waals surface area contributed by atoms with Gasteiger partial charge in [0.2, 0.25) is 5.91 Å². The van der Waals surface area contributed by atoms with Crippen LogP contribution in [0, 0.1) is 5.41 Å². The van der Waals surface area contributed by atoms with Crippen molar-refractivity contribution < 1.29 is 24.9 Å². The van der Waals surface area contributed by atoms with Gasteiger partial charge in [-0.15, -0.1) is 0 Å². The number of hydrogen-bond acceptors (Lipinski definition) is 5. The Morgan fingerprint density at radius 1 is 1.33 bits per heavy atom. The molecule has 0 radical (unpaired) electrons. The van der Waals surface area contributed by atoms with Crippen molar-refractivity contribution in [2.24, 2.45) is 11.1 Å². The maximum absolute atomic E-state index is 12.0. The van der Waals surface area contributed by atoms with Gasteiger partial charge in [0.1, 0.15) is 12.3 Å². The Morgan fingerprint density at radius 3 is 2.17 bits per heavy atom. The minimum absolute atomic E-state index is 0.0790. The molecule has 7 nitrogen and oxygen atoms in total. The van der Waals surface area contributed by atoms with Crippen LogP contribution in [0.4, 0.5) is 0 Å². The fourth-order valence-electron chi connectivity index (χ4n) is 1.29. The van der Waals surface area contributed by atoms with Crippen LogP contribution in [0.1, 0.15) is 27.2 Å². The van der Waals surface area contributed by atoms with Crippen molar-refractivity contribution in [2.75, 3.05) is 13.2 Å². The Morgan fingerprint density at radius 2 is 1.83 bits per heavy atom. The van der Waals surface area contributed by atoms with Crippen LogP contribution in [0.25, 0.3) is 0 Å². The second kappa shape index (κ2) is 6.67. The molecule has 0 aliphatic rings. The van der Waals surface area contributed by atoms with Crippen molar-refractivity contribution in [1.29, 1.82) is 0 Å². The van der Waals surface area contributed by atoms with E-state index in [0.29, 0.717) is 0 Å². The maximum Gasteiger partial charge on any atom is 0.254 e. The maximum atomic E-state index is 12.0. The van der Waals surface area contributed by atoms with Gasteiger partial charge in [-0.1, -0.05) is 13.8 Å². The van der Waals surface area contributed by atoms with Crippen LogP contribution in [0.2, 0.25) is 0 Å². The Kier molecular flexibility index (Phi) is 6.23. The second-order valence-electron chi connectivity index (χ2n) is 4.93. The summed E-state index contributed by atoms with van der Waals surface area (Å²) < 4.78 is 0. The lowest BCUT2D eigenvalue weighted by Crippen LogP contribution is -2.51. The van der Waals surface area contributed by atoms with Crippen molar-refractivity contribution >= 4 is 11.8 Å². The van der Waals surface area contributed by atoms with Crippen LogP contribution in [-0.4, -0.2) is 57.5 Å². The summed E-state index contributed by atoms with van der Waals surface area (Å²) in [6.45, 7) is 3.92. The highest BCUT2D eigenvalue weighted by atomic mass is 16.3. The summed E-state index contributed by atoms with van der Waals surface area (Å²) in [6.07, 6.45) is -2.73. The van der Waals surface area contributed by atoms with Crippen LogP contribution in [-0.2, 0) is 9.59 Å². The molecule has 0 aliphatic carbocycles.